The van der Waals surface area contributed by atoms with E-state index >= 15 is 0 Å². The second-order valence-corrected chi connectivity index (χ2v) is 2.01. The summed E-state index contributed by atoms with van der Waals surface area (Å²) in [6.45, 7) is -0.804. The summed E-state index contributed by atoms with van der Waals surface area (Å²) in [6, 6.07) is 0. The predicted molar refractivity (Wildman–Crippen MR) is 34.2 cm³/mol. The summed E-state index contributed by atoms with van der Waals surface area (Å²) in [5.74, 6) is 0. The molecule has 1 unspecified atom stereocenters. The van der Waals surface area contributed by atoms with E-state index in [1.54, 1.807) is 0 Å². The molecular weight excluding hydrogens is 172 g/mol. The molecule has 5 N–H and O–H groups in total. The zero-order valence-corrected chi connectivity index (χ0v) is 5.99. The van der Waals surface area contributed by atoms with E-state index < -0.39 is 31.3 Å². The molecule has 72 valence electrons. The van der Waals surface area contributed by atoms with Crippen LogP contribution in [0.2, 0.25) is 0 Å². The average Bonchev–Trinajstić information content (AvgIpc) is 2.00. The van der Waals surface area contributed by atoms with Gasteiger partial charge in [-0.05, 0) is 0 Å². The SMILES string of the molecule is O=C(O)OC(O)[C@@H](O)[C@@H](O)CO. The molecule has 0 aliphatic rings. The largest absolute Gasteiger partial charge is 0.508 e. The lowest BCUT2D eigenvalue weighted by atomic mass is 10.2. The zero-order valence-electron chi connectivity index (χ0n) is 5.99. The number of aliphatic hydroxyl groups is 4. The Morgan fingerprint density at radius 3 is 2.17 bits per heavy atom. The minimum atomic E-state index is -2.07. The van der Waals surface area contributed by atoms with Crippen molar-refractivity contribution < 1.29 is 35.1 Å². The molecule has 0 rings (SSSR count). The van der Waals surface area contributed by atoms with Crippen molar-refractivity contribution in [3.05, 3.63) is 0 Å². The normalized spacial score (nSPS) is 18.0. The molecule has 0 aromatic rings. The molecule has 0 heterocycles. The smallest absolute Gasteiger partial charge is 0.450 e. The molecule has 0 fully saturated rings. The van der Waals surface area contributed by atoms with Crippen molar-refractivity contribution >= 4 is 6.16 Å². The fraction of sp³-hybridized carbons (Fsp3) is 0.800. The van der Waals surface area contributed by atoms with Gasteiger partial charge in [0.2, 0.25) is 6.29 Å². The summed E-state index contributed by atoms with van der Waals surface area (Å²) in [4.78, 5) is 9.79. The Balaban J connectivity index is 3.91. The Morgan fingerprint density at radius 2 is 1.83 bits per heavy atom. The van der Waals surface area contributed by atoms with Crippen LogP contribution in [0.25, 0.3) is 0 Å². The topological polar surface area (TPSA) is 127 Å². The van der Waals surface area contributed by atoms with Crippen molar-refractivity contribution in [2.75, 3.05) is 6.61 Å². The van der Waals surface area contributed by atoms with Crippen LogP contribution in [0.4, 0.5) is 4.79 Å². The number of hydrogen-bond acceptors (Lipinski definition) is 6. The molecule has 0 aromatic heterocycles. The van der Waals surface area contributed by atoms with Crippen molar-refractivity contribution in [3.8, 4) is 0 Å². The summed E-state index contributed by atoms with van der Waals surface area (Å²) in [5, 5.41) is 42.3. The molecule has 0 aromatic carbocycles. The van der Waals surface area contributed by atoms with E-state index in [0.717, 1.165) is 0 Å². The quantitative estimate of drug-likeness (QED) is 0.244. The fourth-order valence-electron chi connectivity index (χ4n) is 0.471. The first-order chi connectivity index (χ1) is 5.49. The first-order valence-corrected chi connectivity index (χ1v) is 3.03. The number of aliphatic hydroxyl groups excluding tert-OH is 4. The van der Waals surface area contributed by atoms with Gasteiger partial charge >= 0.3 is 6.16 Å². The van der Waals surface area contributed by atoms with Crippen LogP contribution in [-0.4, -0.2) is 56.8 Å². The third-order valence-electron chi connectivity index (χ3n) is 1.10. The molecule has 0 saturated heterocycles. The lowest BCUT2D eigenvalue weighted by Crippen LogP contribution is -2.41. The van der Waals surface area contributed by atoms with Crippen molar-refractivity contribution in [1.29, 1.82) is 0 Å². The van der Waals surface area contributed by atoms with E-state index in [-0.39, 0.29) is 0 Å². The average molecular weight is 182 g/mol. The molecule has 7 nitrogen and oxygen atoms in total. The summed E-state index contributed by atoms with van der Waals surface area (Å²) >= 11 is 0. The Morgan fingerprint density at radius 1 is 1.33 bits per heavy atom. The molecule has 7 heteroatoms. The second kappa shape index (κ2) is 4.88. The number of ether oxygens (including phenoxy) is 1. The Kier molecular flexibility index (Phi) is 4.52. The maximum Gasteiger partial charge on any atom is 0.508 e. The number of carboxylic acid groups (broad SMARTS) is 1. The van der Waals surface area contributed by atoms with Gasteiger partial charge in [-0.2, -0.15) is 0 Å². The van der Waals surface area contributed by atoms with Gasteiger partial charge in [-0.3, -0.25) is 0 Å². The molecule has 0 amide bonds. The van der Waals surface area contributed by atoms with Gasteiger partial charge in [0.15, 0.2) is 0 Å². The molecule has 0 spiro atoms. The van der Waals surface area contributed by atoms with Gasteiger partial charge in [-0.1, -0.05) is 0 Å². The van der Waals surface area contributed by atoms with Crippen molar-refractivity contribution in [1.82, 2.24) is 0 Å². The van der Waals surface area contributed by atoms with Gasteiger partial charge in [0.1, 0.15) is 12.2 Å². The van der Waals surface area contributed by atoms with Gasteiger partial charge in [0, 0.05) is 0 Å². The summed E-state index contributed by atoms with van der Waals surface area (Å²) in [7, 11) is 0. The first-order valence-electron chi connectivity index (χ1n) is 3.03. The van der Waals surface area contributed by atoms with E-state index in [0.29, 0.717) is 0 Å². The van der Waals surface area contributed by atoms with Crippen LogP contribution in [0.15, 0.2) is 0 Å². The van der Waals surface area contributed by atoms with Crippen LogP contribution in [0.3, 0.4) is 0 Å². The van der Waals surface area contributed by atoms with E-state index in [2.05, 4.69) is 4.74 Å². The predicted octanol–water partition coefficient (Wildman–Crippen LogP) is -2.29. The minimum absolute atomic E-state index is 0.804. The highest BCUT2D eigenvalue weighted by molar-refractivity contribution is 5.56. The molecule has 0 aliphatic carbocycles. The van der Waals surface area contributed by atoms with Gasteiger partial charge < -0.3 is 30.3 Å². The van der Waals surface area contributed by atoms with Gasteiger partial charge in [0.25, 0.3) is 0 Å². The highest BCUT2D eigenvalue weighted by atomic mass is 16.7. The lowest BCUT2D eigenvalue weighted by Gasteiger charge is -2.19. The standard InChI is InChI=1S/C5H10O7/c6-1-2(7)3(8)4(9)12-5(10)11/h2-4,6-9H,1H2,(H,10,11)/t2-,3-,4?/m0/s1. The lowest BCUT2D eigenvalue weighted by molar-refractivity contribution is -0.171. The zero-order chi connectivity index (χ0) is 9.72. The molecule has 0 bridgehead atoms. The molecular formula is C5H10O7. The van der Waals surface area contributed by atoms with Crippen molar-refractivity contribution in [2.24, 2.45) is 0 Å². The first kappa shape index (κ1) is 11.1. The highest BCUT2D eigenvalue weighted by Crippen LogP contribution is 2.01. The van der Waals surface area contributed by atoms with Crippen LogP contribution in [0.1, 0.15) is 0 Å². The van der Waals surface area contributed by atoms with Crippen LogP contribution in [0, 0.1) is 0 Å². The van der Waals surface area contributed by atoms with Crippen LogP contribution in [-0.2, 0) is 4.74 Å². The summed E-state index contributed by atoms with van der Waals surface area (Å²) in [6.07, 6.45) is -7.35. The van der Waals surface area contributed by atoms with Crippen LogP contribution in [0.5, 0.6) is 0 Å². The molecule has 0 saturated carbocycles. The number of rotatable bonds is 4. The second-order valence-electron chi connectivity index (χ2n) is 2.01. The maximum absolute atomic E-state index is 9.79. The number of carbonyl (C=O) groups is 1. The van der Waals surface area contributed by atoms with Crippen molar-refractivity contribution in [3.63, 3.8) is 0 Å². The van der Waals surface area contributed by atoms with Crippen LogP contribution >= 0.6 is 0 Å². The van der Waals surface area contributed by atoms with E-state index in [1.807, 2.05) is 0 Å². The minimum Gasteiger partial charge on any atom is -0.450 e. The van der Waals surface area contributed by atoms with Gasteiger partial charge in [-0.25, -0.2) is 4.79 Å². The Labute approximate surface area is 67.4 Å². The van der Waals surface area contributed by atoms with E-state index in [9.17, 15) is 4.79 Å². The third-order valence-corrected chi connectivity index (χ3v) is 1.10. The molecule has 12 heavy (non-hydrogen) atoms. The molecule has 0 radical (unpaired) electrons. The van der Waals surface area contributed by atoms with Crippen LogP contribution < -0.4 is 0 Å². The van der Waals surface area contributed by atoms with E-state index in [4.69, 9.17) is 25.5 Å². The number of hydrogen-bond donors (Lipinski definition) is 5. The Hall–Kier alpha value is -0.890. The maximum atomic E-state index is 9.79. The van der Waals surface area contributed by atoms with Gasteiger partial charge in [0.05, 0.1) is 6.61 Å². The van der Waals surface area contributed by atoms with Crippen molar-refractivity contribution in [2.45, 2.75) is 18.5 Å². The Bertz CT molecular complexity index is 147. The van der Waals surface area contributed by atoms with E-state index in [1.165, 1.54) is 0 Å². The highest BCUT2D eigenvalue weighted by Gasteiger charge is 2.26. The summed E-state index contributed by atoms with van der Waals surface area (Å²) < 4.78 is 3.69. The third kappa shape index (κ3) is 3.49. The monoisotopic (exact) mass is 182 g/mol. The van der Waals surface area contributed by atoms with Gasteiger partial charge in [-0.15, -0.1) is 0 Å². The molecule has 0 aliphatic heterocycles. The fourth-order valence-corrected chi connectivity index (χ4v) is 0.471. The molecule has 3 atom stereocenters. The summed E-state index contributed by atoms with van der Waals surface area (Å²) in [5.41, 5.74) is 0.